The van der Waals surface area contributed by atoms with Gasteiger partial charge in [0.05, 0.1) is 12.2 Å². The van der Waals surface area contributed by atoms with Crippen LogP contribution in [0.15, 0.2) is 12.1 Å². The van der Waals surface area contributed by atoms with E-state index in [4.69, 9.17) is 9.47 Å². The predicted molar refractivity (Wildman–Crippen MR) is 112 cm³/mol. The fourth-order valence-corrected chi connectivity index (χ4v) is 4.81. The van der Waals surface area contributed by atoms with Crippen molar-refractivity contribution in [3.05, 3.63) is 44.8 Å². The van der Waals surface area contributed by atoms with Gasteiger partial charge in [-0.05, 0) is 75.6 Å². The number of benzene rings is 1. The molecule has 1 aromatic heterocycles. The van der Waals surface area contributed by atoms with Gasteiger partial charge >= 0.3 is 5.97 Å². The van der Waals surface area contributed by atoms with Crippen molar-refractivity contribution in [2.45, 2.75) is 53.4 Å². The van der Waals surface area contributed by atoms with Gasteiger partial charge in [0.1, 0.15) is 10.8 Å². The third kappa shape index (κ3) is 4.22. The number of aryl methyl sites for hydroxylation is 3. The summed E-state index contributed by atoms with van der Waals surface area (Å²) >= 11 is 1.49. The first kappa shape index (κ1) is 20.4. The molecule has 0 atom stereocenters. The molecule has 0 aliphatic heterocycles. The Morgan fingerprint density at radius 3 is 2.57 bits per heavy atom. The lowest BCUT2D eigenvalue weighted by Gasteiger charge is -2.14. The molecule has 1 aliphatic carbocycles. The predicted octanol–water partition coefficient (Wildman–Crippen LogP) is 4.75. The molecule has 1 aliphatic rings. The molecule has 1 amide bonds. The molecule has 5 nitrogen and oxygen atoms in total. The molecule has 0 fully saturated rings. The van der Waals surface area contributed by atoms with Crippen molar-refractivity contribution in [3.8, 4) is 5.75 Å². The maximum Gasteiger partial charge on any atom is 0.341 e. The normalized spacial score (nSPS) is 13.0. The van der Waals surface area contributed by atoms with Gasteiger partial charge in [-0.25, -0.2) is 4.79 Å². The van der Waals surface area contributed by atoms with Crippen molar-refractivity contribution in [2.75, 3.05) is 18.5 Å². The summed E-state index contributed by atoms with van der Waals surface area (Å²) in [5.41, 5.74) is 4.71. The molecule has 1 heterocycles. The van der Waals surface area contributed by atoms with Gasteiger partial charge in [-0.3, -0.25) is 4.79 Å². The van der Waals surface area contributed by atoms with Crippen LogP contribution in [0.4, 0.5) is 5.00 Å². The highest BCUT2D eigenvalue weighted by atomic mass is 32.1. The highest BCUT2D eigenvalue weighted by molar-refractivity contribution is 7.17. The first-order valence-corrected chi connectivity index (χ1v) is 10.5. The number of nitrogens with one attached hydrogen (secondary N) is 1. The number of fused-ring (bicyclic) bond motifs is 1. The zero-order valence-corrected chi connectivity index (χ0v) is 17.8. The summed E-state index contributed by atoms with van der Waals surface area (Å²) in [5, 5.41) is 3.46. The van der Waals surface area contributed by atoms with E-state index in [0.29, 0.717) is 17.2 Å². The van der Waals surface area contributed by atoms with E-state index in [2.05, 4.69) is 5.32 Å². The van der Waals surface area contributed by atoms with Gasteiger partial charge in [0.15, 0.2) is 6.61 Å². The Morgan fingerprint density at radius 1 is 1.11 bits per heavy atom. The van der Waals surface area contributed by atoms with Crippen molar-refractivity contribution < 1.29 is 19.1 Å². The molecule has 6 heteroatoms. The van der Waals surface area contributed by atoms with Crippen LogP contribution in [0.2, 0.25) is 0 Å². The third-order valence-electron chi connectivity index (χ3n) is 5.13. The van der Waals surface area contributed by atoms with Crippen LogP contribution in [-0.4, -0.2) is 25.1 Å². The van der Waals surface area contributed by atoms with Crippen molar-refractivity contribution in [1.29, 1.82) is 0 Å². The highest BCUT2D eigenvalue weighted by Crippen LogP contribution is 2.38. The topological polar surface area (TPSA) is 64.6 Å². The van der Waals surface area contributed by atoms with Gasteiger partial charge in [0.2, 0.25) is 0 Å². The maximum atomic E-state index is 12.6. The number of thiophene rings is 1. The minimum atomic E-state index is -0.358. The largest absolute Gasteiger partial charge is 0.483 e. The number of carbonyl (C=O) groups is 2. The zero-order valence-electron chi connectivity index (χ0n) is 16.9. The second-order valence-electron chi connectivity index (χ2n) is 7.13. The molecular weight excluding hydrogens is 374 g/mol. The summed E-state index contributed by atoms with van der Waals surface area (Å²) in [5.74, 6) is 0.110. The van der Waals surface area contributed by atoms with E-state index in [1.165, 1.54) is 16.2 Å². The summed E-state index contributed by atoms with van der Waals surface area (Å²) in [6, 6.07) is 4.03. The monoisotopic (exact) mass is 401 g/mol. The molecule has 0 radical (unpaired) electrons. The van der Waals surface area contributed by atoms with Gasteiger partial charge in [0.25, 0.3) is 5.91 Å². The van der Waals surface area contributed by atoms with Crippen molar-refractivity contribution in [1.82, 2.24) is 0 Å². The van der Waals surface area contributed by atoms with Crippen LogP contribution in [-0.2, 0) is 22.4 Å². The fourth-order valence-electron chi connectivity index (χ4n) is 3.52. The Morgan fingerprint density at radius 2 is 1.82 bits per heavy atom. The van der Waals surface area contributed by atoms with Gasteiger partial charge in [-0.15, -0.1) is 11.3 Å². The quantitative estimate of drug-likeness (QED) is 0.710. The Balaban J connectivity index is 1.76. The number of esters is 1. The number of hydrogen-bond acceptors (Lipinski definition) is 5. The second-order valence-corrected chi connectivity index (χ2v) is 8.23. The molecule has 0 saturated heterocycles. The van der Waals surface area contributed by atoms with E-state index in [0.717, 1.165) is 53.7 Å². The van der Waals surface area contributed by atoms with Crippen molar-refractivity contribution >= 4 is 28.2 Å². The zero-order chi connectivity index (χ0) is 20.3. The summed E-state index contributed by atoms with van der Waals surface area (Å²) in [6.45, 7) is 7.97. The minimum Gasteiger partial charge on any atom is -0.483 e. The second kappa shape index (κ2) is 8.78. The lowest BCUT2D eigenvalue weighted by Crippen LogP contribution is -2.22. The number of carbonyl (C=O) groups excluding carboxylic acids is 2. The Hall–Kier alpha value is -2.34. The minimum absolute atomic E-state index is 0.101. The highest BCUT2D eigenvalue weighted by Gasteiger charge is 2.27. The molecule has 3 rings (SSSR count). The lowest BCUT2D eigenvalue weighted by molar-refractivity contribution is -0.118. The molecule has 28 heavy (non-hydrogen) atoms. The van der Waals surface area contributed by atoms with E-state index in [1.54, 1.807) is 6.92 Å². The number of ether oxygens (including phenoxy) is 2. The Kier molecular flexibility index (Phi) is 6.39. The van der Waals surface area contributed by atoms with E-state index in [1.807, 2.05) is 32.9 Å². The summed E-state index contributed by atoms with van der Waals surface area (Å²) in [7, 11) is 0. The number of hydrogen-bond donors (Lipinski definition) is 1. The molecule has 2 aromatic rings. The molecular formula is C22H27NO4S. The van der Waals surface area contributed by atoms with Gasteiger partial charge in [-0.1, -0.05) is 12.1 Å². The van der Waals surface area contributed by atoms with Crippen LogP contribution < -0.4 is 10.1 Å². The van der Waals surface area contributed by atoms with Gasteiger partial charge in [0, 0.05) is 4.88 Å². The number of anilines is 1. The standard InChI is InChI=1S/C22H27NO4S/c1-5-26-22(25)19-16-8-6-7-9-17(16)28-21(19)23-18(24)12-27-20-14(3)11-10-13(2)15(20)4/h10-11H,5-9,12H2,1-4H3,(H,23,24). The molecule has 1 N–H and O–H groups in total. The first-order valence-electron chi connectivity index (χ1n) is 9.73. The SMILES string of the molecule is CCOC(=O)c1c(NC(=O)COc2c(C)ccc(C)c2C)sc2c1CCCC2. The van der Waals surface area contributed by atoms with Crippen LogP contribution in [0.25, 0.3) is 0 Å². The fraction of sp³-hybridized carbons (Fsp3) is 0.455. The van der Waals surface area contributed by atoms with E-state index in [-0.39, 0.29) is 18.5 Å². The van der Waals surface area contributed by atoms with E-state index < -0.39 is 0 Å². The Bertz CT molecular complexity index is 900. The van der Waals surface area contributed by atoms with Crippen LogP contribution >= 0.6 is 11.3 Å². The number of amides is 1. The molecule has 0 saturated carbocycles. The molecule has 0 spiro atoms. The maximum absolute atomic E-state index is 12.6. The first-order chi connectivity index (χ1) is 13.4. The summed E-state index contributed by atoms with van der Waals surface area (Å²) < 4.78 is 11.0. The average molecular weight is 402 g/mol. The van der Waals surface area contributed by atoms with Crippen molar-refractivity contribution in [3.63, 3.8) is 0 Å². The van der Waals surface area contributed by atoms with Crippen LogP contribution in [0.5, 0.6) is 5.75 Å². The molecule has 150 valence electrons. The van der Waals surface area contributed by atoms with Crippen molar-refractivity contribution in [2.24, 2.45) is 0 Å². The molecule has 0 bridgehead atoms. The molecule has 0 unspecified atom stereocenters. The van der Waals surface area contributed by atoms with Gasteiger partial charge in [-0.2, -0.15) is 0 Å². The smallest absolute Gasteiger partial charge is 0.341 e. The summed E-state index contributed by atoms with van der Waals surface area (Å²) in [4.78, 5) is 26.2. The molecule has 1 aromatic carbocycles. The van der Waals surface area contributed by atoms with Gasteiger partial charge < -0.3 is 14.8 Å². The van der Waals surface area contributed by atoms with Crippen LogP contribution in [0.1, 0.15) is 57.3 Å². The van der Waals surface area contributed by atoms with Crippen LogP contribution in [0, 0.1) is 20.8 Å². The third-order valence-corrected chi connectivity index (χ3v) is 6.33. The summed E-state index contributed by atoms with van der Waals surface area (Å²) in [6.07, 6.45) is 3.96. The lowest BCUT2D eigenvalue weighted by atomic mass is 9.95. The van der Waals surface area contributed by atoms with Crippen LogP contribution in [0.3, 0.4) is 0 Å². The van der Waals surface area contributed by atoms with E-state index in [9.17, 15) is 9.59 Å². The number of rotatable bonds is 6. The Labute approximate surface area is 170 Å². The average Bonchev–Trinajstić information content (AvgIpc) is 3.02. The van der Waals surface area contributed by atoms with E-state index >= 15 is 0 Å².